The van der Waals surface area contributed by atoms with Crippen LogP contribution in [0.2, 0.25) is 5.02 Å². The molecule has 0 saturated heterocycles. The summed E-state index contributed by atoms with van der Waals surface area (Å²) in [6, 6.07) is 13.5. The van der Waals surface area contributed by atoms with E-state index in [4.69, 9.17) is 25.8 Å². The number of benzene rings is 3. The number of carbonyl (C=O) groups excluding carboxylic acids is 2. The number of amides is 2. The van der Waals surface area contributed by atoms with Gasteiger partial charge in [0.15, 0.2) is 18.1 Å². The van der Waals surface area contributed by atoms with Crippen LogP contribution in [0.5, 0.6) is 17.2 Å². The third-order valence-electron chi connectivity index (χ3n) is 4.99. The number of rotatable bonds is 11. The molecule has 0 aliphatic carbocycles. The van der Waals surface area contributed by atoms with Gasteiger partial charge in [-0.1, -0.05) is 46.3 Å². The monoisotopic (exact) mass is 663 g/mol. The highest BCUT2D eigenvalue weighted by Crippen LogP contribution is 2.32. The summed E-state index contributed by atoms with van der Waals surface area (Å²) in [4.78, 5) is 25.1. The van der Waals surface area contributed by atoms with E-state index >= 15 is 0 Å². The highest BCUT2D eigenvalue weighted by Gasteiger charge is 2.14. The lowest BCUT2D eigenvalue weighted by molar-refractivity contribution is -0.118. The number of halogens is 3. The van der Waals surface area contributed by atoms with E-state index < -0.39 is 5.91 Å². The first-order chi connectivity index (χ1) is 18.2. The Morgan fingerprint density at radius 1 is 1.08 bits per heavy atom. The summed E-state index contributed by atoms with van der Waals surface area (Å²) in [6.07, 6.45) is 3.03. The summed E-state index contributed by atoms with van der Waals surface area (Å²) in [6.45, 7) is 5.53. The number of ether oxygens (including phenoxy) is 3. The lowest BCUT2D eigenvalue weighted by Gasteiger charge is -2.13. The van der Waals surface area contributed by atoms with Gasteiger partial charge in [-0.05, 0) is 70.9 Å². The molecule has 0 bridgehead atoms. The van der Waals surface area contributed by atoms with Crippen LogP contribution < -0.4 is 25.0 Å². The SMILES string of the molecule is C=CCOc1ccc(C(=O)N/N=C/c2cc(Br)cc(Br)c2OCC(=O)Nc2ccc(C)c(Cl)c2)cc1OC. The number of aryl methyl sites for hydroxylation is 1. The molecule has 0 atom stereocenters. The first-order valence-corrected chi connectivity index (χ1v) is 13.1. The van der Waals surface area contributed by atoms with E-state index in [0.29, 0.717) is 50.2 Å². The second-order valence-electron chi connectivity index (χ2n) is 7.77. The Morgan fingerprint density at radius 2 is 1.87 bits per heavy atom. The number of hydrogen-bond acceptors (Lipinski definition) is 6. The summed E-state index contributed by atoms with van der Waals surface area (Å²) in [5, 5.41) is 7.35. The number of hydrogen-bond donors (Lipinski definition) is 2. The maximum absolute atomic E-state index is 12.6. The summed E-state index contributed by atoms with van der Waals surface area (Å²) in [5.74, 6) is 0.436. The van der Waals surface area contributed by atoms with Gasteiger partial charge in [0, 0.05) is 26.3 Å². The minimum Gasteiger partial charge on any atom is -0.493 e. The van der Waals surface area contributed by atoms with Crippen molar-refractivity contribution in [3.63, 3.8) is 0 Å². The van der Waals surface area contributed by atoms with Crippen molar-refractivity contribution in [1.29, 1.82) is 0 Å². The predicted octanol–water partition coefficient (Wildman–Crippen LogP) is 6.53. The van der Waals surface area contributed by atoms with Crippen LogP contribution in [0.3, 0.4) is 0 Å². The fourth-order valence-corrected chi connectivity index (χ4v) is 4.69. The number of nitrogens with zero attached hydrogens (tertiary/aromatic N) is 1. The Hall–Kier alpha value is -3.34. The fraction of sp³-hybridized carbons (Fsp3) is 0.148. The Kier molecular flexibility index (Phi) is 10.8. The zero-order chi connectivity index (χ0) is 27.7. The van der Waals surface area contributed by atoms with Gasteiger partial charge in [-0.3, -0.25) is 9.59 Å². The average Bonchev–Trinajstić information content (AvgIpc) is 2.88. The van der Waals surface area contributed by atoms with Crippen LogP contribution >= 0.6 is 43.5 Å². The van der Waals surface area contributed by atoms with Crippen molar-refractivity contribution in [2.24, 2.45) is 5.10 Å². The Labute approximate surface area is 242 Å². The minimum atomic E-state index is -0.456. The molecule has 11 heteroatoms. The molecule has 0 radical (unpaired) electrons. The summed E-state index contributed by atoms with van der Waals surface area (Å²) < 4.78 is 17.9. The van der Waals surface area contributed by atoms with E-state index in [1.165, 1.54) is 13.3 Å². The van der Waals surface area contributed by atoms with E-state index in [0.717, 1.165) is 10.0 Å². The summed E-state index contributed by atoms with van der Waals surface area (Å²) in [5.41, 5.74) is 4.78. The Balaban J connectivity index is 1.68. The number of anilines is 1. The molecule has 0 aliphatic rings. The maximum atomic E-state index is 12.6. The number of hydrazone groups is 1. The minimum absolute atomic E-state index is 0.265. The van der Waals surface area contributed by atoms with Gasteiger partial charge in [0.25, 0.3) is 11.8 Å². The molecule has 0 aromatic heterocycles. The largest absolute Gasteiger partial charge is 0.493 e. The van der Waals surface area contributed by atoms with E-state index in [9.17, 15) is 9.59 Å². The van der Waals surface area contributed by atoms with E-state index in [2.05, 4.69) is 54.3 Å². The number of carbonyl (C=O) groups is 2. The first-order valence-electron chi connectivity index (χ1n) is 11.1. The van der Waals surface area contributed by atoms with Crippen molar-refractivity contribution in [3.8, 4) is 17.2 Å². The molecule has 0 spiro atoms. The van der Waals surface area contributed by atoms with Crippen LogP contribution in [0.15, 0.2) is 75.2 Å². The smallest absolute Gasteiger partial charge is 0.271 e. The topological polar surface area (TPSA) is 98.3 Å². The Morgan fingerprint density at radius 3 is 2.58 bits per heavy atom. The van der Waals surface area contributed by atoms with Gasteiger partial charge in [0.2, 0.25) is 0 Å². The third kappa shape index (κ3) is 8.08. The van der Waals surface area contributed by atoms with Gasteiger partial charge in [-0.25, -0.2) is 5.43 Å². The molecule has 3 rings (SSSR count). The van der Waals surface area contributed by atoms with E-state index in [1.807, 2.05) is 13.0 Å². The predicted molar refractivity (Wildman–Crippen MR) is 156 cm³/mol. The zero-order valence-electron chi connectivity index (χ0n) is 20.5. The van der Waals surface area contributed by atoms with Crippen LogP contribution in [-0.2, 0) is 4.79 Å². The molecule has 0 saturated carbocycles. The molecular formula is C27H24Br2ClN3O5. The maximum Gasteiger partial charge on any atom is 0.271 e. The van der Waals surface area contributed by atoms with E-state index in [-0.39, 0.29) is 12.5 Å². The highest BCUT2D eigenvalue weighted by atomic mass is 79.9. The van der Waals surface area contributed by atoms with Gasteiger partial charge >= 0.3 is 0 Å². The number of nitrogens with one attached hydrogen (secondary N) is 2. The fourth-order valence-electron chi connectivity index (χ4n) is 3.14. The van der Waals surface area contributed by atoms with Crippen molar-refractivity contribution in [1.82, 2.24) is 5.43 Å². The molecule has 3 aromatic carbocycles. The highest BCUT2D eigenvalue weighted by molar-refractivity contribution is 9.11. The standard InChI is InChI=1S/C27H24Br2ClN3O5/c1-4-9-37-23-8-6-17(11-24(23)36-3)27(35)33-31-14-18-10-19(28)12-21(29)26(18)38-15-25(34)32-20-7-5-16(2)22(30)13-20/h4-8,10-14H,1,9,15H2,2-3H3,(H,32,34)(H,33,35)/b31-14+. The van der Waals surface area contributed by atoms with Crippen molar-refractivity contribution in [2.45, 2.75) is 6.92 Å². The molecule has 3 aromatic rings. The van der Waals surface area contributed by atoms with Gasteiger partial charge in [0.05, 0.1) is 17.8 Å². The van der Waals surface area contributed by atoms with Gasteiger partial charge in [-0.15, -0.1) is 0 Å². The molecule has 0 aliphatic heterocycles. The molecule has 38 heavy (non-hydrogen) atoms. The quantitative estimate of drug-likeness (QED) is 0.138. The second-order valence-corrected chi connectivity index (χ2v) is 9.95. The van der Waals surface area contributed by atoms with Crippen LogP contribution in [0.25, 0.3) is 0 Å². The molecule has 198 valence electrons. The van der Waals surface area contributed by atoms with Gasteiger partial charge in [-0.2, -0.15) is 5.10 Å². The lowest BCUT2D eigenvalue weighted by atomic mass is 10.2. The zero-order valence-corrected chi connectivity index (χ0v) is 24.4. The van der Waals surface area contributed by atoms with Crippen molar-refractivity contribution in [2.75, 3.05) is 25.6 Å². The van der Waals surface area contributed by atoms with Crippen LogP contribution in [0, 0.1) is 6.92 Å². The van der Waals surface area contributed by atoms with Gasteiger partial charge < -0.3 is 19.5 Å². The van der Waals surface area contributed by atoms with Crippen LogP contribution in [0.4, 0.5) is 5.69 Å². The molecule has 0 fully saturated rings. The van der Waals surface area contributed by atoms with Crippen molar-refractivity contribution < 1.29 is 23.8 Å². The molecular weight excluding hydrogens is 642 g/mol. The molecule has 0 heterocycles. The molecule has 2 N–H and O–H groups in total. The van der Waals surface area contributed by atoms with Crippen molar-refractivity contribution >= 4 is 67.2 Å². The second kappa shape index (κ2) is 14.0. The first kappa shape index (κ1) is 29.2. The lowest BCUT2D eigenvalue weighted by Crippen LogP contribution is -2.21. The molecule has 0 unspecified atom stereocenters. The Bertz CT molecular complexity index is 1380. The normalized spacial score (nSPS) is 10.7. The average molecular weight is 666 g/mol. The molecule has 8 nitrogen and oxygen atoms in total. The van der Waals surface area contributed by atoms with Crippen LogP contribution in [0.1, 0.15) is 21.5 Å². The number of methoxy groups -OCH3 is 1. The van der Waals surface area contributed by atoms with Gasteiger partial charge in [0.1, 0.15) is 12.4 Å². The summed E-state index contributed by atoms with van der Waals surface area (Å²) in [7, 11) is 1.48. The third-order valence-corrected chi connectivity index (χ3v) is 6.45. The van der Waals surface area contributed by atoms with Crippen LogP contribution in [-0.4, -0.2) is 38.4 Å². The van der Waals surface area contributed by atoms with Crippen molar-refractivity contribution in [3.05, 3.63) is 91.8 Å². The van der Waals surface area contributed by atoms with E-state index in [1.54, 1.807) is 48.5 Å². The molecule has 2 amide bonds. The summed E-state index contributed by atoms with van der Waals surface area (Å²) >= 11 is 13.0.